The fraction of sp³-hybridized carbons (Fsp3) is 1.00. The van der Waals surface area contributed by atoms with E-state index in [1.54, 1.807) is 0 Å². The lowest BCUT2D eigenvalue weighted by atomic mass is 10.1. The third-order valence-corrected chi connectivity index (χ3v) is 5.04. The van der Waals surface area contributed by atoms with Crippen LogP contribution in [0.3, 0.4) is 0 Å². The molecule has 0 aliphatic carbocycles. The van der Waals surface area contributed by atoms with Gasteiger partial charge in [0.15, 0.2) is 0 Å². The van der Waals surface area contributed by atoms with Crippen molar-refractivity contribution in [2.45, 2.75) is 51.1 Å². The summed E-state index contributed by atoms with van der Waals surface area (Å²) in [6.45, 7) is 6.22. The number of hydrogen-bond acceptors (Lipinski definition) is 3. The number of nitrogens with one attached hydrogen (secondary N) is 1. The normalized spacial score (nSPS) is 26.1. The van der Waals surface area contributed by atoms with Crippen LogP contribution in [0.5, 0.6) is 0 Å². The predicted molar refractivity (Wildman–Crippen MR) is 73.2 cm³/mol. The third-order valence-electron chi connectivity index (χ3n) is 3.99. The van der Waals surface area contributed by atoms with Crippen LogP contribution in [0.4, 0.5) is 0 Å². The maximum atomic E-state index is 3.79. The molecule has 0 aromatic carbocycles. The van der Waals surface area contributed by atoms with Crippen molar-refractivity contribution in [3.05, 3.63) is 0 Å². The molecule has 0 aromatic heterocycles. The summed E-state index contributed by atoms with van der Waals surface area (Å²) in [5.41, 5.74) is 0. The van der Waals surface area contributed by atoms with Crippen molar-refractivity contribution < 1.29 is 0 Å². The molecule has 2 saturated heterocycles. The van der Waals surface area contributed by atoms with Crippen molar-refractivity contribution in [1.29, 1.82) is 0 Å². The van der Waals surface area contributed by atoms with E-state index in [9.17, 15) is 0 Å². The van der Waals surface area contributed by atoms with Crippen LogP contribution in [0.2, 0.25) is 0 Å². The van der Waals surface area contributed by atoms with Gasteiger partial charge in [0, 0.05) is 18.6 Å². The number of nitrogens with zero attached hydrogens (tertiary/aromatic N) is 1. The molecule has 2 fully saturated rings. The molecule has 2 nitrogen and oxygen atoms in total. The largest absolute Gasteiger partial charge is 0.312 e. The van der Waals surface area contributed by atoms with Crippen LogP contribution in [0, 0.1) is 0 Å². The van der Waals surface area contributed by atoms with Crippen molar-refractivity contribution in [3.63, 3.8) is 0 Å². The van der Waals surface area contributed by atoms with Crippen LogP contribution < -0.4 is 5.32 Å². The highest BCUT2D eigenvalue weighted by atomic mass is 32.2. The van der Waals surface area contributed by atoms with Gasteiger partial charge in [0.1, 0.15) is 0 Å². The Hall–Kier alpha value is 0.270. The van der Waals surface area contributed by atoms with E-state index < -0.39 is 0 Å². The van der Waals surface area contributed by atoms with Gasteiger partial charge >= 0.3 is 0 Å². The van der Waals surface area contributed by atoms with Crippen molar-refractivity contribution in [3.8, 4) is 0 Å². The first kappa shape index (κ1) is 12.7. The van der Waals surface area contributed by atoms with Crippen LogP contribution >= 0.6 is 11.8 Å². The molecule has 2 aliphatic heterocycles. The first-order chi connectivity index (χ1) is 7.90. The summed E-state index contributed by atoms with van der Waals surface area (Å²) in [5.74, 6) is 2.72. The molecule has 2 rings (SSSR count). The lowest BCUT2D eigenvalue weighted by molar-refractivity contribution is 0.222. The molecule has 0 aromatic rings. The smallest absolute Gasteiger partial charge is 0.0218 e. The summed E-state index contributed by atoms with van der Waals surface area (Å²) in [6.07, 6.45) is 6.88. The minimum atomic E-state index is 0.789. The van der Waals surface area contributed by atoms with Gasteiger partial charge in [0.2, 0.25) is 0 Å². The molecule has 94 valence electrons. The van der Waals surface area contributed by atoms with Crippen LogP contribution in [-0.2, 0) is 0 Å². The zero-order valence-electron chi connectivity index (χ0n) is 10.6. The zero-order chi connectivity index (χ0) is 11.2. The van der Waals surface area contributed by atoms with Gasteiger partial charge in [0.05, 0.1) is 0 Å². The van der Waals surface area contributed by atoms with Gasteiger partial charge in [0.25, 0.3) is 0 Å². The summed E-state index contributed by atoms with van der Waals surface area (Å²) in [7, 11) is 0. The third kappa shape index (κ3) is 3.64. The first-order valence-corrected chi connectivity index (χ1v) is 8.11. The molecular formula is C13H26N2S. The Morgan fingerprint density at radius 2 is 1.94 bits per heavy atom. The number of likely N-dealkylation sites (tertiary alicyclic amines) is 1. The first-order valence-electron chi connectivity index (χ1n) is 6.95. The summed E-state index contributed by atoms with van der Waals surface area (Å²) in [5, 5.41) is 3.79. The summed E-state index contributed by atoms with van der Waals surface area (Å²) < 4.78 is 0. The topological polar surface area (TPSA) is 15.3 Å². The summed E-state index contributed by atoms with van der Waals surface area (Å²) >= 11 is 2.11. The van der Waals surface area contributed by atoms with E-state index >= 15 is 0 Å². The second kappa shape index (κ2) is 6.87. The van der Waals surface area contributed by atoms with Gasteiger partial charge in [-0.25, -0.2) is 0 Å². The zero-order valence-corrected chi connectivity index (χ0v) is 11.4. The average Bonchev–Trinajstić information content (AvgIpc) is 2.85. The highest BCUT2D eigenvalue weighted by Crippen LogP contribution is 2.18. The Bertz CT molecular complexity index is 186. The van der Waals surface area contributed by atoms with E-state index in [0.717, 1.165) is 12.1 Å². The van der Waals surface area contributed by atoms with Crippen LogP contribution in [-0.4, -0.2) is 48.1 Å². The number of rotatable bonds is 5. The van der Waals surface area contributed by atoms with Crippen LogP contribution in [0.1, 0.15) is 39.0 Å². The molecule has 3 heteroatoms. The predicted octanol–water partition coefficient (Wildman–Crippen LogP) is 2.35. The number of thioether (sulfide) groups is 1. The van der Waals surface area contributed by atoms with Crippen molar-refractivity contribution in [2.75, 3.05) is 31.1 Å². The summed E-state index contributed by atoms with van der Waals surface area (Å²) in [6, 6.07) is 1.59. The highest BCUT2D eigenvalue weighted by Gasteiger charge is 2.21. The Balaban J connectivity index is 1.69. The Labute approximate surface area is 105 Å². The van der Waals surface area contributed by atoms with Gasteiger partial charge in [-0.3, -0.25) is 4.90 Å². The molecule has 0 radical (unpaired) electrons. The summed E-state index contributed by atoms with van der Waals surface area (Å²) in [4.78, 5) is 2.69. The second-order valence-electron chi connectivity index (χ2n) is 5.10. The monoisotopic (exact) mass is 242 g/mol. The van der Waals surface area contributed by atoms with Gasteiger partial charge in [-0.1, -0.05) is 6.92 Å². The van der Waals surface area contributed by atoms with Crippen molar-refractivity contribution in [2.24, 2.45) is 0 Å². The molecule has 0 saturated carbocycles. The lowest BCUT2D eigenvalue weighted by Crippen LogP contribution is -2.44. The van der Waals surface area contributed by atoms with Gasteiger partial charge in [-0.15, -0.1) is 0 Å². The molecule has 1 unspecified atom stereocenters. The molecule has 2 heterocycles. The molecule has 0 spiro atoms. The van der Waals surface area contributed by atoms with E-state index in [1.807, 2.05) is 0 Å². The second-order valence-corrected chi connectivity index (χ2v) is 6.32. The fourth-order valence-electron chi connectivity index (χ4n) is 2.84. The molecule has 0 amide bonds. The van der Waals surface area contributed by atoms with E-state index in [1.165, 1.54) is 63.2 Å². The van der Waals surface area contributed by atoms with E-state index in [0.29, 0.717) is 0 Å². The molecule has 1 atom stereocenters. The van der Waals surface area contributed by atoms with Gasteiger partial charge < -0.3 is 5.32 Å². The molecule has 16 heavy (non-hydrogen) atoms. The Morgan fingerprint density at radius 3 is 2.56 bits per heavy atom. The molecular weight excluding hydrogens is 216 g/mol. The van der Waals surface area contributed by atoms with Crippen LogP contribution in [0.15, 0.2) is 0 Å². The SMILES string of the molecule is CCC(CNC1CCSCC1)N1CCCC1. The Kier molecular flexibility index (Phi) is 5.46. The molecule has 1 N–H and O–H groups in total. The maximum Gasteiger partial charge on any atom is 0.0218 e. The minimum absolute atomic E-state index is 0.789. The molecule has 2 aliphatic rings. The lowest BCUT2D eigenvalue weighted by Gasteiger charge is -2.30. The van der Waals surface area contributed by atoms with Gasteiger partial charge in [-0.2, -0.15) is 11.8 Å². The van der Waals surface area contributed by atoms with Crippen molar-refractivity contribution >= 4 is 11.8 Å². The number of hydrogen-bond donors (Lipinski definition) is 1. The van der Waals surface area contributed by atoms with E-state index in [2.05, 4.69) is 28.9 Å². The van der Waals surface area contributed by atoms with Crippen LogP contribution in [0.25, 0.3) is 0 Å². The van der Waals surface area contributed by atoms with Gasteiger partial charge in [-0.05, 0) is 56.7 Å². The highest BCUT2D eigenvalue weighted by molar-refractivity contribution is 7.99. The van der Waals surface area contributed by atoms with E-state index in [-0.39, 0.29) is 0 Å². The quantitative estimate of drug-likeness (QED) is 0.797. The Morgan fingerprint density at radius 1 is 1.25 bits per heavy atom. The fourth-order valence-corrected chi connectivity index (χ4v) is 3.95. The maximum absolute atomic E-state index is 3.79. The standard InChI is InChI=1S/C13H26N2S/c1-2-13(15-7-3-4-8-15)11-14-12-5-9-16-10-6-12/h12-14H,2-11H2,1H3. The average molecular weight is 242 g/mol. The molecule has 0 bridgehead atoms. The van der Waals surface area contributed by atoms with Crippen molar-refractivity contribution in [1.82, 2.24) is 10.2 Å². The van der Waals surface area contributed by atoms with E-state index in [4.69, 9.17) is 0 Å². The minimum Gasteiger partial charge on any atom is -0.312 e.